The van der Waals surface area contributed by atoms with Gasteiger partial charge in [-0.05, 0) is 6.42 Å². The molecule has 0 spiro atoms. The molecular weight excluding hydrogens is 198 g/mol. The Morgan fingerprint density at radius 3 is 2.86 bits per heavy atom. The van der Waals surface area contributed by atoms with Crippen LogP contribution in [0.25, 0.3) is 0 Å². The van der Waals surface area contributed by atoms with E-state index in [0.717, 1.165) is 19.4 Å². The smallest absolute Gasteiger partial charge is 0.0950 e. The Kier molecular flexibility index (Phi) is 5.75. The monoisotopic (exact) mass is 215 g/mol. The maximum Gasteiger partial charge on any atom is 0.0950 e. The topological polar surface area (TPSA) is 31.4 Å². The van der Waals surface area contributed by atoms with Gasteiger partial charge in [0.2, 0.25) is 0 Å². The lowest BCUT2D eigenvalue weighted by atomic mass is 10.4. The first-order chi connectivity index (χ1) is 6.86. The van der Waals surface area contributed by atoms with Crippen LogP contribution >= 0.6 is 11.3 Å². The molecule has 3 nitrogen and oxygen atoms in total. The number of aryl methyl sites for hydroxylation is 1. The molecule has 0 amide bonds. The van der Waals surface area contributed by atoms with Gasteiger partial charge in [0, 0.05) is 24.6 Å². The van der Waals surface area contributed by atoms with Crippen molar-refractivity contribution in [3.63, 3.8) is 0 Å². The van der Waals surface area contributed by atoms with Crippen molar-refractivity contribution in [1.82, 2.24) is 4.98 Å². The van der Waals surface area contributed by atoms with Crippen LogP contribution in [0.1, 0.15) is 16.8 Å². The number of hydrogen-bond acceptors (Lipinski definition) is 4. The zero-order chi connectivity index (χ0) is 10.2. The summed E-state index contributed by atoms with van der Waals surface area (Å²) in [6.45, 7) is 4.22. The molecule has 0 bridgehead atoms. The second kappa shape index (κ2) is 6.92. The van der Waals surface area contributed by atoms with Crippen LogP contribution in [0.3, 0.4) is 0 Å². The van der Waals surface area contributed by atoms with Crippen molar-refractivity contribution in [3.8, 4) is 0 Å². The van der Waals surface area contributed by atoms with Crippen molar-refractivity contribution in [2.45, 2.75) is 19.8 Å². The maximum atomic E-state index is 5.36. The number of hydrogen-bond donors (Lipinski definition) is 0. The van der Waals surface area contributed by atoms with E-state index in [1.54, 1.807) is 18.4 Å². The number of methoxy groups -OCH3 is 1. The zero-order valence-electron chi connectivity index (χ0n) is 8.78. The molecule has 0 saturated heterocycles. The van der Waals surface area contributed by atoms with Gasteiger partial charge in [0.1, 0.15) is 0 Å². The first kappa shape index (κ1) is 11.6. The molecule has 0 fully saturated rings. The van der Waals surface area contributed by atoms with Crippen LogP contribution in [-0.4, -0.2) is 31.9 Å². The van der Waals surface area contributed by atoms with E-state index in [4.69, 9.17) is 9.47 Å². The molecular formula is C10H17NO2S. The Bertz CT molecular complexity index is 250. The molecule has 0 aromatic carbocycles. The number of aromatic nitrogens is 1. The molecule has 0 aliphatic rings. The highest BCUT2D eigenvalue weighted by molar-refractivity contribution is 7.11. The van der Waals surface area contributed by atoms with Gasteiger partial charge in [-0.3, -0.25) is 0 Å². The normalized spacial score (nSPS) is 10.7. The molecule has 0 N–H and O–H groups in total. The summed E-state index contributed by atoms with van der Waals surface area (Å²) in [5.74, 6) is 0. The van der Waals surface area contributed by atoms with Crippen molar-refractivity contribution >= 4 is 11.3 Å². The van der Waals surface area contributed by atoms with Gasteiger partial charge in [-0.1, -0.05) is 6.92 Å². The molecule has 1 aromatic heterocycles. The molecule has 0 radical (unpaired) electrons. The molecule has 0 saturated carbocycles. The molecule has 14 heavy (non-hydrogen) atoms. The largest absolute Gasteiger partial charge is 0.382 e. The average molecular weight is 215 g/mol. The second-order valence-electron chi connectivity index (χ2n) is 2.93. The van der Waals surface area contributed by atoms with Gasteiger partial charge in [0.05, 0.1) is 24.8 Å². The van der Waals surface area contributed by atoms with Gasteiger partial charge in [0.25, 0.3) is 0 Å². The Morgan fingerprint density at radius 2 is 2.21 bits per heavy atom. The lowest BCUT2D eigenvalue weighted by Crippen LogP contribution is -2.04. The summed E-state index contributed by atoms with van der Waals surface area (Å²) in [5.41, 5.74) is 0. The molecule has 0 atom stereocenters. The third-order valence-electron chi connectivity index (χ3n) is 1.84. The molecule has 4 heteroatoms. The van der Waals surface area contributed by atoms with Gasteiger partial charge >= 0.3 is 0 Å². The van der Waals surface area contributed by atoms with E-state index < -0.39 is 0 Å². The third kappa shape index (κ3) is 4.17. The number of rotatable bonds is 7. The summed E-state index contributed by atoms with van der Waals surface area (Å²) in [5, 5.41) is 1.17. The highest BCUT2D eigenvalue weighted by atomic mass is 32.1. The fourth-order valence-electron chi connectivity index (χ4n) is 1.03. The minimum atomic E-state index is 0.665. The fraction of sp³-hybridized carbons (Fsp3) is 0.700. The van der Waals surface area contributed by atoms with Gasteiger partial charge in [0.15, 0.2) is 0 Å². The molecule has 1 rings (SSSR count). The van der Waals surface area contributed by atoms with E-state index in [9.17, 15) is 0 Å². The summed E-state index contributed by atoms with van der Waals surface area (Å²) in [6, 6.07) is 0. The SMILES string of the molecule is CCc1cnc(CCOCCOC)s1. The van der Waals surface area contributed by atoms with Crippen molar-refractivity contribution in [3.05, 3.63) is 16.1 Å². The molecule has 0 unspecified atom stereocenters. The summed E-state index contributed by atoms with van der Waals surface area (Å²) in [7, 11) is 1.68. The Hall–Kier alpha value is -0.450. The van der Waals surface area contributed by atoms with E-state index >= 15 is 0 Å². The minimum Gasteiger partial charge on any atom is -0.382 e. The van der Waals surface area contributed by atoms with Crippen LogP contribution < -0.4 is 0 Å². The van der Waals surface area contributed by atoms with Gasteiger partial charge in [-0.15, -0.1) is 11.3 Å². The highest BCUT2D eigenvalue weighted by Gasteiger charge is 1.99. The van der Waals surface area contributed by atoms with Crippen molar-refractivity contribution in [1.29, 1.82) is 0 Å². The average Bonchev–Trinajstić information content (AvgIpc) is 2.65. The number of ether oxygens (including phenoxy) is 2. The Labute approximate surface area is 89.1 Å². The van der Waals surface area contributed by atoms with E-state index in [1.807, 2.05) is 6.20 Å². The zero-order valence-corrected chi connectivity index (χ0v) is 9.60. The van der Waals surface area contributed by atoms with Crippen LogP contribution in [0.4, 0.5) is 0 Å². The standard InChI is InChI=1S/C10H17NO2S/c1-3-9-8-11-10(14-9)4-5-13-7-6-12-2/h8H,3-7H2,1-2H3. The Balaban J connectivity index is 2.12. The van der Waals surface area contributed by atoms with Crippen LogP contribution in [0.15, 0.2) is 6.20 Å². The summed E-state index contributed by atoms with van der Waals surface area (Å²) >= 11 is 1.77. The number of nitrogens with zero attached hydrogens (tertiary/aromatic N) is 1. The Morgan fingerprint density at radius 1 is 1.36 bits per heavy atom. The van der Waals surface area contributed by atoms with Crippen molar-refractivity contribution in [2.24, 2.45) is 0 Å². The quantitative estimate of drug-likeness (QED) is 0.651. The summed E-state index contributed by atoms with van der Waals surface area (Å²) in [4.78, 5) is 5.66. The first-order valence-corrected chi connectivity index (χ1v) is 5.68. The highest BCUT2D eigenvalue weighted by Crippen LogP contribution is 2.13. The molecule has 0 aliphatic heterocycles. The predicted octanol–water partition coefficient (Wildman–Crippen LogP) is 1.91. The van der Waals surface area contributed by atoms with E-state index in [0.29, 0.717) is 13.2 Å². The molecule has 1 heterocycles. The minimum absolute atomic E-state index is 0.665. The first-order valence-electron chi connectivity index (χ1n) is 4.87. The fourth-order valence-corrected chi connectivity index (χ4v) is 1.87. The van der Waals surface area contributed by atoms with Crippen LogP contribution in [0.5, 0.6) is 0 Å². The molecule has 80 valence electrons. The lowest BCUT2D eigenvalue weighted by molar-refractivity contribution is 0.0722. The summed E-state index contributed by atoms with van der Waals surface area (Å²) in [6.07, 6.45) is 3.94. The third-order valence-corrected chi connectivity index (χ3v) is 3.04. The maximum absolute atomic E-state index is 5.36. The van der Waals surface area contributed by atoms with Crippen molar-refractivity contribution < 1.29 is 9.47 Å². The van der Waals surface area contributed by atoms with E-state index in [1.165, 1.54) is 9.88 Å². The van der Waals surface area contributed by atoms with E-state index in [-0.39, 0.29) is 0 Å². The molecule has 1 aromatic rings. The molecule has 0 aliphatic carbocycles. The predicted molar refractivity (Wildman–Crippen MR) is 57.9 cm³/mol. The summed E-state index contributed by atoms with van der Waals surface area (Å²) < 4.78 is 10.2. The van der Waals surface area contributed by atoms with Gasteiger partial charge < -0.3 is 9.47 Å². The van der Waals surface area contributed by atoms with Crippen LogP contribution in [-0.2, 0) is 22.3 Å². The van der Waals surface area contributed by atoms with Gasteiger partial charge in [-0.25, -0.2) is 4.98 Å². The van der Waals surface area contributed by atoms with E-state index in [2.05, 4.69) is 11.9 Å². The second-order valence-corrected chi connectivity index (χ2v) is 4.13. The lowest BCUT2D eigenvalue weighted by Gasteiger charge is -2.00. The van der Waals surface area contributed by atoms with Crippen LogP contribution in [0.2, 0.25) is 0 Å². The van der Waals surface area contributed by atoms with Crippen molar-refractivity contribution in [2.75, 3.05) is 26.9 Å². The van der Waals surface area contributed by atoms with Gasteiger partial charge in [-0.2, -0.15) is 0 Å². The van der Waals surface area contributed by atoms with Crippen LogP contribution in [0, 0.1) is 0 Å². The number of thiazole rings is 1.